The van der Waals surface area contributed by atoms with Gasteiger partial charge < -0.3 is 5.32 Å². The van der Waals surface area contributed by atoms with Crippen LogP contribution < -0.4 is 5.32 Å². The number of fused-ring (bicyclic) bond motifs is 1. The molecule has 0 unspecified atom stereocenters. The van der Waals surface area contributed by atoms with Crippen molar-refractivity contribution in [2.45, 2.75) is 19.4 Å². The van der Waals surface area contributed by atoms with Crippen LogP contribution in [0.15, 0.2) is 24.4 Å². The van der Waals surface area contributed by atoms with Gasteiger partial charge in [-0.1, -0.05) is 18.5 Å². The number of non-ortho nitro benzene ring substituents is 1. The minimum Gasteiger partial charge on any atom is -0.324 e. The van der Waals surface area contributed by atoms with E-state index < -0.39 is 4.92 Å². The summed E-state index contributed by atoms with van der Waals surface area (Å²) in [6, 6.07) is 3.96. The van der Waals surface area contributed by atoms with Crippen molar-refractivity contribution in [1.82, 2.24) is 15.1 Å². The molecule has 0 radical (unpaired) electrons. The molecule has 1 aliphatic rings. The second kappa shape index (κ2) is 6.58. The monoisotopic (exact) mass is 349 g/mol. The fourth-order valence-corrected chi connectivity index (χ4v) is 3.11. The topological polar surface area (TPSA) is 104 Å². The second-order valence-electron chi connectivity index (χ2n) is 5.85. The van der Waals surface area contributed by atoms with Gasteiger partial charge in [-0.15, -0.1) is 0 Å². The van der Waals surface area contributed by atoms with Crippen molar-refractivity contribution in [1.29, 1.82) is 0 Å². The van der Waals surface area contributed by atoms with Crippen LogP contribution in [0.1, 0.15) is 24.1 Å². The third-order valence-corrected chi connectivity index (χ3v) is 4.29. The molecule has 126 valence electrons. The van der Waals surface area contributed by atoms with Crippen LogP contribution in [0.2, 0.25) is 5.02 Å². The van der Waals surface area contributed by atoms with Gasteiger partial charge in [-0.2, -0.15) is 5.10 Å². The molecule has 1 atom stereocenters. The van der Waals surface area contributed by atoms with Crippen LogP contribution in [0.3, 0.4) is 0 Å². The number of nitrogens with one attached hydrogen (secondary N) is 2. The molecule has 0 aliphatic carbocycles. The average molecular weight is 350 g/mol. The van der Waals surface area contributed by atoms with E-state index in [0.717, 1.165) is 17.8 Å². The lowest BCUT2D eigenvalue weighted by atomic mass is 9.98. The highest BCUT2D eigenvalue weighted by molar-refractivity contribution is 6.34. The lowest BCUT2D eigenvalue weighted by molar-refractivity contribution is -0.384. The second-order valence-corrected chi connectivity index (χ2v) is 6.26. The number of benzene rings is 1. The van der Waals surface area contributed by atoms with Crippen molar-refractivity contribution < 1.29 is 9.72 Å². The first-order chi connectivity index (χ1) is 11.4. The molecule has 9 heteroatoms. The van der Waals surface area contributed by atoms with Gasteiger partial charge in [0.15, 0.2) is 0 Å². The minimum absolute atomic E-state index is 0.115. The molecule has 0 fully saturated rings. The molecule has 8 nitrogen and oxygen atoms in total. The molecule has 2 aromatic rings. The zero-order valence-electron chi connectivity index (χ0n) is 13.0. The Bertz CT molecular complexity index is 791. The predicted octanol–water partition coefficient (Wildman–Crippen LogP) is 2.53. The average Bonchev–Trinajstić information content (AvgIpc) is 2.98. The third-order valence-electron chi connectivity index (χ3n) is 3.97. The van der Waals surface area contributed by atoms with E-state index in [1.165, 1.54) is 18.2 Å². The quantitative estimate of drug-likeness (QED) is 0.652. The summed E-state index contributed by atoms with van der Waals surface area (Å²) in [5, 5.41) is 20.6. The highest BCUT2D eigenvalue weighted by atomic mass is 35.5. The highest BCUT2D eigenvalue weighted by Crippen LogP contribution is 2.28. The third kappa shape index (κ3) is 3.39. The highest BCUT2D eigenvalue weighted by Gasteiger charge is 2.25. The number of aromatic nitrogens is 2. The van der Waals surface area contributed by atoms with Crippen LogP contribution >= 0.6 is 11.6 Å². The summed E-state index contributed by atoms with van der Waals surface area (Å²) >= 11 is 5.99. The maximum absolute atomic E-state index is 12.2. The number of amides is 1. The maximum atomic E-state index is 12.2. The Kier molecular flexibility index (Phi) is 4.50. The number of aromatic amines is 1. The standard InChI is InChI=1S/C15H16ClN5O3/c1-9-6-20(7-10-5-17-19-15(9)10)8-14(22)18-13-3-2-11(21(23)24)4-12(13)16/h2-5,9H,6-8H2,1H3,(H,17,19)(H,18,22)/t9-/m0/s1. The zero-order valence-corrected chi connectivity index (χ0v) is 13.7. The van der Waals surface area contributed by atoms with Gasteiger partial charge in [0.25, 0.3) is 5.69 Å². The summed E-state index contributed by atoms with van der Waals surface area (Å²) in [4.78, 5) is 24.4. The Morgan fingerprint density at radius 3 is 3.08 bits per heavy atom. The summed E-state index contributed by atoms with van der Waals surface area (Å²) in [6.07, 6.45) is 1.78. The van der Waals surface area contributed by atoms with Crippen LogP contribution in [0.5, 0.6) is 0 Å². The Hall–Kier alpha value is -2.45. The van der Waals surface area contributed by atoms with Crippen molar-refractivity contribution >= 4 is 28.9 Å². The lowest BCUT2D eigenvalue weighted by Crippen LogP contribution is -2.38. The number of nitro groups is 1. The largest absolute Gasteiger partial charge is 0.324 e. The molecule has 0 saturated carbocycles. The van der Waals surface area contributed by atoms with Gasteiger partial charge in [0, 0.05) is 42.4 Å². The number of hydrogen-bond donors (Lipinski definition) is 2. The normalized spacial score (nSPS) is 17.3. The zero-order chi connectivity index (χ0) is 17.3. The number of carbonyl (C=O) groups excluding carboxylic acids is 1. The van der Waals surface area contributed by atoms with Gasteiger partial charge >= 0.3 is 0 Å². The molecule has 2 heterocycles. The summed E-state index contributed by atoms with van der Waals surface area (Å²) in [7, 11) is 0. The molecule has 1 aliphatic heterocycles. The summed E-state index contributed by atoms with van der Waals surface area (Å²) < 4.78 is 0. The maximum Gasteiger partial charge on any atom is 0.271 e. The Labute approximate surface area is 142 Å². The minimum atomic E-state index is -0.533. The van der Waals surface area contributed by atoms with E-state index in [1.807, 2.05) is 4.90 Å². The molecule has 1 amide bonds. The van der Waals surface area contributed by atoms with E-state index in [2.05, 4.69) is 22.4 Å². The molecule has 2 N–H and O–H groups in total. The fourth-order valence-electron chi connectivity index (χ4n) is 2.89. The number of rotatable bonds is 4. The van der Waals surface area contributed by atoms with Crippen molar-refractivity contribution in [3.63, 3.8) is 0 Å². The summed E-state index contributed by atoms with van der Waals surface area (Å²) in [6.45, 7) is 3.69. The van der Waals surface area contributed by atoms with E-state index in [1.54, 1.807) is 6.20 Å². The first kappa shape index (κ1) is 16.4. The van der Waals surface area contributed by atoms with E-state index in [-0.39, 0.29) is 29.1 Å². The molecule has 0 saturated heterocycles. The first-order valence-corrected chi connectivity index (χ1v) is 7.80. The Morgan fingerprint density at radius 1 is 1.58 bits per heavy atom. The van der Waals surface area contributed by atoms with Gasteiger partial charge in [-0.05, 0) is 6.07 Å². The Morgan fingerprint density at radius 2 is 2.38 bits per heavy atom. The van der Waals surface area contributed by atoms with Gasteiger partial charge in [-0.3, -0.25) is 24.9 Å². The summed E-state index contributed by atoms with van der Waals surface area (Å²) in [5.41, 5.74) is 2.46. The number of nitro benzene ring substituents is 1. The van der Waals surface area contributed by atoms with E-state index in [4.69, 9.17) is 11.6 Å². The van der Waals surface area contributed by atoms with Crippen LogP contribution in [-0.2, 0) is 11.3 Å². The van der Waals surface area contributed by atoms with Crippen molar-refractivity contribution in [2.24, 2.45) is 0 Å². The van der Waals surface area contributed by atoms with Gasteiger partial charge in [0.2, 0.25) is 5.91 Å². The molecule has 3 rings (SSSR count). The molecular formula is C15H16ClN5O3. The molecule has 0 bridgehead atoms. The van der Waals surface area contributed by atoms with E-state index in [9.17, 15) is 14.9 Å². The van der Waals surface area contributed by atoms with Gasteiger partial charge in [0.05, 0.1) is 28.4 Å². The number of carbonyl (C=O) groups is 1. The molecule has 1 aromatic carbocycles. The molecule has 1 aromatic heterocycles. The predicted molar refractivity (Wildman–Crippen MR) is 89.0 cm³/mol. The SMILES string of the molecule is C[C@H]1CN(CC(=O)Nc2ccc([N+](=O)[O-])cc2Cl)Cc2cn[nH]c21. The molecular weight excluding hydrogens is 334 g/mol. The van der Waals surface area contributed by atoms with Gasteiger partial charge in [-0.25, -0.2) is 0 Å². The van der Waals surface area contributed by atoms with Crippen LogP contribution in [0.25, 0.3) is 0 Å². The van der Waals surface area contributed by atoms with E-state index in [0.29, 0.717) is 12.2 Å². The number of H-pyrrole nitrogens is 1. The number of anilines is 1. The fraction of sp³-hybridized carbons (Fsp3) is 0.333. The number of nitrogens with zero attached hydrogens (tertiary/aromatic N) is 3. The Balaban J connectivity index is 1.63. The molecule has 0 spiro atoms. The summed E-state index contributed by atoms with van der Waals surface area (Å²) in [5.74, 6) is 0.0527. The van der Waals surface area contributed by atoms with E-state index >= 15 is 0 Å². The number of halogens is 1. The lowest BCUT2D eigenvalue weighted by Gasteiger charge is -2.29. The van der Waals surface area contributed by atoms with Crippen molar-refractivity contribution in [2.75, 3.05) is 18.4 Å². The first-order valence-electron chi connectivity index (χ1n) is 7.42. The van der Waals surface area contributed by atoms with Crippen LogP contribution in [-0.4, -0.2) is 39.0 Å². The van der Waals surface area contributed by atoms with Crippen molar-refractivity contribution in [3.8, 4) is 0 Å². The van der Waals surface area contributed by atoms with Crippen LogP contribution in [0.4, 0.5) is 11.4 Å². The number of hydrogen-bond acceptors (Lipinski definition) is 5. The smallest absolute Gasteiger partial charge is 0.271 e. The van der Waals surface area contributed by atoms with Crippen molar-refractivity contribution in [3.05, 3.63) is 50.8 Å². The molecule has 24 heavy (non-hydrogen) atoms. The van der Waals surface area contributed by atoms with Gasteiger partial charge in [0.1, 0.15) is 0 Å². The van der Waals surface area contributed by atoms with Crippen LogP contribution in [0, 0.1) is 10.1 Å².